The normalized spacial score (nSPS) is 34.1. The number of allylic oxidation sites excluding steroid dienone is 1. The summed E-state index contributed by atoms with van der Waals surface area (Å²) in [5.41, 5.74) is 0.397. The molecule has 0 aromatic rings. The van der Waals surface area contributed by atoms with E-state index in [-0.39, 0.29) is 24.9 Å². The van der Waals surface area contributed by atoms with Crippen molar-refractivity contribution < 1.29 is 59.9 Å². The van der Waals surface area contributed by atoms with Gasteiger partial charge in [0.1, 0.15) is 12.2 Å². The number of cyclic esters (lactones) is 1. The number of hydrogen-bond acceptors (Lipinski definition) is 12. The fourth-order valence-corrected chi connectivity index (χ4v) is 7.88. The molecule has 10 atom stereocenters. The molecule has 8 N–H and O–H groups in total. The Bertz CT molecular complexity index is 1090. The van der Waals surface area contributed by atoms with Gasteiger partial charge in [0, 0.05) is 19.4 Å². The first kappa shape index (κ1) is 54.4. The van der Waals surface area contributed by atoms with Gasteiger partial charge in [0.15, 0.2) is 0 Å². The minimum absolute atomic E-state index is 0.244. The van der Waals surface area contributed by atoms with Gasteiger partial charge in [-0.2, -0.15) is 0 Å². The standard InChI is InChI=1S/C46H86O12/c1-33-14-6-25-40(53)31-41(54)26-11-23-38(51)21-9-19-36(49)17-7-15-35(48)16-8-18-37(50)20-10-22-39(52)24-12-28-43(57-34(2)47)29-13-27-42(55)32-44(46(3,4)5)58-45(56)30-33/h30,35-44,48-55H,6-29,31-32H2,1-5H3/b33-30-/t35?,36?,37?,38?,39?,40-,41+,42?,43?,44?/m0/s1. The van der Waals surface area contributed by atoms with Gasteiger partial charge >= 0.3 is 11.9 Å². The molecule has 58 heavy (non-hydrogen) atoms. The largest absolute Gasteiger partial charge is 0.463 e. The maximum Gasteiger partial charge on any atom is 0.330 e. The Labute approximate surface area is 350 Å². The first-order chi connectivity index (χ1) is 27.3. The smallest absolute Gasteiger partial charge is 0.330 e. The highest BCUT2D eigenvalue weighted by atomic mass is 16.5. The quantitative estimate of drug-likeness (QED) is 0.127. The SMILES string of the molecule is CC(=O)OC1CCCC(O)CCCC(O)CCCC(O)CCCC(O)CCCC(O)CCC[C@@H](O)C[C@@H](O)CCC/C(C)=C\C(=O)OC(C(C)(C)C)CC(O)CCC1. The Balaban J connectivity index is 2.79. The summed E-state index contributed by atoms with van der Waals surface area (Å²) in [5.74, 6) is -0.851. The van der Waals surface area contributed by atoms with Crippen molar-refractivity contribution in [3.63, 3.8) is 0 Å². The minimum atomic E-state index is -0.723. The molecule has 1 aliphatic rings. The third kappa shape index (κ3) is 29.6. The van der Waals surface area contributed by atoms with Crippen LogP contribution in [0, 0.1) is 5.41 Å². The van der Waals surface area contributed by atoms with Crippen molar-refractivity contribution in [2.24, 2.45) is 5.41 Å². The number of carbonyl (C=O) groups is 2. The van der Waals surface area contributed by atoms with Crippen molar-refractivity contribution >= 4 is 11.9 Å². The van der Waals surface area contributed by atoms with Crippen LogP contribution in [0.2, 0.25) is 0 Å². The van der Waals surface area contributed by atoms with Gasteiger partial charge in [-0.1, -0.05) is 26.3 Å². The molecule has 0 aliphatic carbocycles. The lowest BCUT2D eigenvalue weighted by atomic mass is 9.85. The van der Waals surface area contributed by atoms with Gasteiger partial charge in [-0.25, -0.2) is 4.79 Å². The summed E-state index contributed by atoms with van der Waals surface area (Å²) >= 11 is 0. The van der Waals surface area contributed by atoms with Gasteiger partial charge in [0.25, 0.3) is 0 Å². The molecule has 12 nitrogen and oxygen atoms in total. The lowest BCUT2D eigenvalue weighted by Gasteiger charge is -2.31. The molecule has 342 valence electrons. The molecule has 0 radical (unpaired) electrons. The fraction of sp³-hybridized carbons (Fsp3) is 0.913. The summed E-state index contributed by atoms with van der Waals surface area (Å²) < 4.78 is 11.4. The van der Waals surface area contributed by atoms with Gasteiger partial charge in [0.2, 0.25) is 0 Å². The molecule has 0 spiro atoms. The zero-order chi connectivity index (χ0) is 43.5. The van der Waals surface area contributed by atoms with Gasteiger partial charge in [-0.05, 0) is 173 Å². The van der Waals surface area contributed by atoms with Gasteiger partial charge in [0.05, 0.1) is 48.8 Å². The Morgan fingerprint density at radius 3 is 1.19 bits per heavy atom. The van der Waals surface area contributed by atoms with E-state index >= 15 is 0 Å². The third-order valence-electron chi connectivity index (χ3n) is 11.6. The van der Waals surface area contributed by atoms with E-state index in [0.29, 0.717) is 154 Å². The van der Waals surface area contributed by atoms with Crippen LogP contribution in [0.4, 0.5) is 0 Å². The van der Waals surface area contributed by atoms with E-state index < -0.39 is 66.3 Å². The van der Waals surface area contributed by atoms with Crippen LogP contribution in [0.3, 0.4) is 0 Å². The number of esters is 2. The monoisotopic (exact) mass is 831 g/mol. The summed E-state index contributed by atoms with van der Waals surface area (Å²) in [5, 5.41) is 84.1. The Hall–Kier alpha value is -1.64. The number of carbonyl (C=O) groups excluding carboxylic acids is 2. The highest BCUT2D eigenvalue weighted by Crippen LogP contribution is 2.28. The van der Waals surface area contributed by atoms with Crippen LogP contribution in [0.25, 0.3) is 0 Å². The zero-order valence-corrected chi connectivity index (χ0v) is 36.9. The van der Waals surface area contributed by atoms with E-state index in [1.54, 1.807) is 0 Å². The van der Waals surface area contributed by atoms with Crippen LogP contribution in [0.1, 0.15) is 202 Å². The predicted molar refractivity (Wildman–Crippen MR) is 227 cm³/mol. The Morgan fingerprint density at radius 1 is 0.534 bits per heavy atom. The molecule has 0 saturated carbocycles. The summed E-state index contributed by atoms with van der Waals surface area (Å²) in [6.07, 6.45) is 10.7. The average molecular weight is 831 g/mol. The number of rotatable bonds is 1. The number of hydrogen-bond donors (Lipinski definition) is 8. The molecule has 0 amide bonds. The lowest BCUT2D eigenvalue weighted by Crippen LogP contribution is -2.34. The van der Waals surface area contributed by atoms with Gasteiger partial charge in [-0.3, -0.25) is 4.79 Å². The molecule has 0 aromatic heterocycles. The van der Waals surface area contributed by atoms with Crippen LogP contribution < -0.4 is 0 Å². The van der Waals surface area contributed by atoms with Crippen LogP contribution in [0.5, 0.6) is 0 Å². The van der Waals surface area contributed by atoms with Crippen molar-refractivity contribution in [3.05, 3.63) is 11.6 Å². The molecule has 12 heteroatoms. The van der Waals surface area contributed by atoms with Crippen LogP contribution in [-0.2, 0) is 19.1 Å². The topological polar surface area (TPSA) is 214 Å². The number of aliphatic hydroxyl groups is 8. The van der Waals surface area contributed by atoms with Gasteiger partial charge < -0.3 is 50.3 Å². The van der Waals surface area contributed by atoms with Crippen LogP contribution in [0.15, 0.2) is 11.6 Å². The second-order valence-corrected chi connectivity index (χ2v) is 18.6. The summed E-state index contributed by atoms with van der Waals surface area (Å²) in [4.78, 5) is 24.7. The molecule has 1 aliphatic heterocycles. The van der Waals surface area contributed by atoms with E-state index in [0.717, 1.165) is 5.57 Å². The van der Waals surface area contributed by atoms with E-state index in [4.69, 9.17) is 9.47 Å². The fourth-order valence-electron chi connectivity index (χ4n) is 7.88. The van der Waals surface area contributed by atoms with Crippen molar-refractivity contribution in [3.8, 4) is 0 Å². The molecule has 1 heterocycles. The lowest BCUT2D eigenvalue weighted by molar-refractivity contribution is -0.150. The molecule has 0 saturated heterocycles. The van der Waals surface area contributed by atoms with E-state index in [1.165, 1.54) is 13.0 Å². The molecular formula is C46H86O12. The second kappa shape index (κ2) is 31.2. The molecule has 0 aromatic carbocycles. The number of ether oxygens (including phenoxy) is 2. The maximum absolute atomic E-state index is 12.9. The van der Waals surface area contributed by atoms with Crippen LogP contribution >= 0.6 is 0 Å². The molecule has 1 rings (SSSR count). The molecule has 0 bridgehead atoms. The minimum Gasteiger partial charge on any atom is -0.463 e. The predicted octanol–water partition coefficient (Wildman–Crippen LogP) is 6.87. The van der Waals surface area contributed by atoms with Gasteiger partial charge in [-0.15, -0.1) is 0 Å². The number of aliphatic hydroxyl groups excluding tert-OH is 8. The second-order valence-electron chi connectivity index (χ2n) is 18.6. The first-order valence-electron chi connectivity index (χ1n) is 22.8. The van der Waals surface area contributed by atoms with Crippen molar-refractivity contribution in [2.75, 3.05) is 0 Å². The van der Waals surface area contributed by atoms with E-state index in [2.05, 4.69) is 0 Å². The van der Waals surface area contributed by atoms with Crippen LogP contribution in [-0.4, -0.2) is 114 Å². The first-order valence-corrected chi connectivity index (χ1v) is 22.8. The highest BCUT2D eigenvalue weighted by Gasteiger charge is 2.30. The maximum atomic E-state index is 12.9. The summed E-state index contributed by atoms with van der Waals surface area (Å²) in [6.45, 7) is 9.10. The third-order valence-corrected chi connectivity index (χ3v) is 11.6. The van der Waals surface area contributed by atoms with Crippen molar-refractivity contribution in [1.82, 2.24) is 0 Å². The van der Waals surface area contributed by atoms with Crippen molar-refractivity contribution in [2.45, 2.75) is 263 Å². The summed E-state index contributed by atoms with van der Waals surface area (Å²) in [7, 11) is 0. The zero-order valence-electron chi connectivity index (χ0n) is 36.9. The summed E-state index contributed by atoms with van der Waals surface area (Å²) in [6, 6.07) is 0. The molecule has 0 fully saturated rings. The highest BCUT2D eigenvalue weighted by molar-refractivity contribution is 5.82. The molecular weight excluding hydrogens is 744 g/mol. The average Bonchev–Trinajstić information content (AvgIpc) is 3.10. The van der Waals surface area contributed by atoms with E-state index in [1.807, 2.05) is 27.7 Å². The van der Waals surface area contributed by atoms with E-state index in [9.17, 15) is 50.4 Å². The Morgan fingerprint density at radius 2 is 0.845 bits per heavy atom. The Kier molecular flexibility index (Phi) is 29.3. The molecule has 8 unspecified atom stereocenters. The van der Waals surface area contributed by atoms with Crippen molar-refractivity contribution in [1.29, 1.82) is 0 Å².